The topological polar surface area (TPSA) is 106 Å². The van der Waals surface area contributed by atoms with Gasteiger partial charge in [-0.25, -0.2) is 9.36 Å². The van der Waals surface area contributed by atoms with Gasteiger partial charge >= 0.3 is 5.69 Å². The molecule has 1 aliphatic heterocycles. The first-order chi connectivity index (χ1) is 12.6. The van der Waals surface area contributed by atoms with Crippen LogP contribution in [0.1, 0.15) is 23.2 Å². The van der Waals surface area contributed by atoms with Crippen LogP contribution in [-0.2, 0) is 30.8 Å². The lowest BCUT2D eigenvalue weighted by molar-refractivity contribution is -0.121. The Morgan fingerprint density at radius 1 is 1.35 bits per heavy atom. The van der Waals surface area contributed by atoms with Crippen molar-refractivity contribution in [3.8, 4) is 11.8 Å². The minimum atomic E-state index is -0.710. The van der Waals surface area contributed by atoms with Crippen molar-refractivity contribution in [1.29, 1.82) is 5.26 Å². The molecule has 2 aromatic rings. The average molecular weight is 354 g/mol. The van der Waals surface area contributed by atoms with Crippen LogP contribution in [-0.4, -0.2) is 22.2 Å². The van der Waals surface area contributed by atoms with E-state index < -0.39 is 23.7 Å². The molecule has 0 unspecified atom stereocenters. The van der Waals surface area contributed by atoms with Crippen molar-refractivity contribution in [2.45, 2.75) is 32.5 Å². The molecule has 0 spiro atoms. The third-order valence-corrected chi connectivity index (χ3v) is 4.41. The molecule has 2 heterocycles. The van der Waals surface area contributed by atoms with Crippen LogP contribution in [0, 0.1) is 11.3 Å². The maximum Gasteiger partial charge on any atom is 0.331 e. The first-order valence-electron chi connectivity index (χ1n) is 8.22. The minimum Gasteiger partial charge on any atom is -0.496 e. The highest BCUT2D eigenvalue weighted by molar-refractivity contribution is 5.75. The maximum absolute atomic E-state index is 12.5. The zero-order valence-corrected chi connectivity index (χ0v) is 14.3. The van der Waals surface area contributed by atoms with Crippen LogP contribution in [0.15, 0.2) is 33.9 Å². The summed E-state index contributed by atoms with van der Waals surface area (Å²) in [6, 6.07) is 9.09. The highest BCUT2D eigenvalue weighted by atomic mass is 16.5. The molecule has 0 aliphatic carbocycles. The van der Waals surface area contributed by atoms with Crippen molar-refractivity contribution >= 4 is 5.91 Å². The fourth-order valence-electron chi connectivity index (χ4n) is 3.13. The quantitative estimate of drug-likeness (QED) is 0.823. The van der Waals surface area contributed by atoms with Crippen molar-refractivity contribution in [2.75, 3.05) is 7.11 Å². The van der Waals surface area contributed by atoms with E-state index in [0.29, 0.717) is 30.8 Å². The Kier molecular flexibility index (Phi) is 4.89. The number of methoxy groups -OCH3 is 1. The zero-order chi connectivity index (χ0) is 18.7. The van der Waals surface area contributed by atoms with E-state index in [9.17, 15) is 19.6 Å². The van der Waals surface area contributed by atoms with Crippen molar-refractivity contribution in [1.82, 2.24) is 14.5 Å². The normalized spacial score (nSPS) is 12.3. The number of aromatic nitrogens is 2. The lowest BCUT2D eigenvalue weighted by atomic mass is 10.2. The van der Waals surface area contributed by atoms with Gasteiger partial charge in [-0.15, -0.1) is 0 Å². The van der Waals surface area contributed by atoms with Crippen molar-refractivity contribution < 1.29 is 9.53 Å². The van der Waals surface area contributed by atoms with Crippen molar-refractivity contribution in [2.24, 2.45) is 0 Å². The van der Waals surface area contributed by atoms with Gasteiger partial charge in [0.15, 0.2) is 0 Å². The molecule has 1 N–H and O–H groups in total. The van der Waals surface area contributed by atoms with Crippen LogP contribution in [0.5, 0.6) is 5.75 Å². The van der Waals surface area contributed by atoms with E-state index in [1.54, 1.807) is 6.07 Å². The third kappa shape index (κ3) is 3.11. The van der Waals surface area contributed by atoms with Gasteiger partial charge in [0.1, 0.15) is 23.9 Å². The molecule has 0 bridgehead atoms. The second-order valence-electron chi connectivity index (χ2n) is 5.95. The van der Waals surface area contributed by atoms with Gasteiger partial charge in [-0.2, -0.15) is 5.26 Å². The summed E-state index contributed by atoms with van der Waals surface area (Å²) in [5, 5.41) is 11.9. The van der Waals surface area contributed by atoms with Gasteiger partial charge in [0.2, 0.25) is 5.91 Å². The Bertz CT molecular complexity index is 1010. The van der Waals surface area contributed by atoms with Crippen LogP contribution in [0.2, 0.25) is 0 Å². The van der Waals surface area contributed by atoms with E-state index in [4.69, 9.17) is 4.74 Å². The molecule has 134 valence electrons. The van der Waals surface area contributed by atoms with Gasteiger partial charge in [-0.05, 0) is 18.9 Å². The molecule has 0 saturated heterocycles. The number of ether oxygens (including phenoxy) is 1. The number of nitrogens with one attached hydrogen (secondary N) is 1. The number of hydrogen-bond acceptors (Lipinski definition) is 5. The van der Waals surface area contributed by atoms with Crippen LogP contribution in [0.3, 0.4) is 0 Å². The molecule has 0 saturated carbocycles. The van der Waals surface area contributed by atoms with Crippen LogP contribution >= 0.6 is 0 Å². The van der Waals surface area contributed by atoms with E-state index >= 15 is 0 Å². The van der Waals surface area contributed by atoms with Gasteiger partial charge in [0.05, 0.1) is 7.11 Å². The standard InChI is InChI=1S/C18H18N4O4/c1-26-15-7-3-2-5-12(15)10-20-16(23)11-22-17(24)13(9-19)14-6-4-8-21(14)18(22)25/h2-3,5,7H,4,6,8,10-11H2,1H3,(H,20,23). The number of benzene rings is 1. The lowest BCUT2D eigenvalue weighted by Crippen LogP contribution is -2.45. The number of nitriles is 1. The minimum absolute atomic E-state index is 0.0559. The monoisotopic (exact) mass is 354 g/mol. The predicted molar refractivity (Wildman–Crippen MR) is 92.8 cm³/mol. The van der Waals surface area contributed by atoms with E-state index in [0.717, 1.165) is 10.1 Å². The summed E-state index contributed by atoms with van der Waals surface area (Å²) >= 11 is 0. The molecular formula is C18H18N4O4. The Labute approximate surface area is 149 Å². The molecule has 1 amide bonds. The lowest BCUT2D eigenvalue weighted by Gasteiger charge is -2.12. The molecule has 26 heavy (non-hydrogen) atoms. The molecule has 1 aliphatic rings. The molecule has 8 nitrogen and oxygen atoms in total. The van der Waals surface area contributed by atoms with E-state index in [1.165, 1.54) is 11.7 Å². The van der Waals surface area contributed by atoms with Gasteiger partial charge in [-0.3, -0.25) is 14.2 Å². The number of carbonyl (C=O) groups is 1. The van der Waals surface area contributed by atoms with E-state index in [1.807, 2.05) is 24.3 Å². The number of carbonyl (C=O) groups excluding carboxylic acids is 1. The Balaban J connectivity index is 1.81. The number of nitrogens with zero attached hydrogens (tertiary/aromatic N) is 3. The highest BCUT2D eigenvalue weighted by Gasteiger charge is 2.23. The molecule has 0 fully saturated rings. The van der Waals surface area contributed by atoms with Crippen LogP contribution < -0.4 is 21.3 Å². The smallest absolute Gasteiger partial charge is 0.331 e. The van der Waals surface area contributed by atoms with Gasteiger partial charge in [0.25, 0.3) is 5.56 Å². The average Bonchev–Trinajstić information content (AvgIpc) is 3.14. The van der Waals surface area contributed by atoms with E-state index in [2.05, 4.69) is 5.32 Å². The first kappa shape index (κ1) is 17.5. The van der Waals surface area contributed by atoms with Gasteiger partial charge in [0, 0.05) is 24.3 Å². The molecule has 3 rings (SSSR count). The second kappa shape index (κ2) is 7.27. The number of amides is 1. The molecule has 1 aromatic carbocycles. The van der Waals surface area contributed by atoms with Crippen molar-refractivity contribution in [3.05, 3.63) is 61.9 Å². The summed E-state index contributed by atoms with van der Waals surface area (Å²) < 4.78 is 7.45. The number of rotatable bonds is 5. The molecule has 0 radical (unpaired) electrons. The van der Waals surface area contributed by atoms with E-state index in [-0.39, 0.29) is 12.1 Å². The summed E-state index contributed by atoms with van der Waals surface area (Å²) in [6.45, 7) is 0.225. The fourth-order valence-corrected chi connectivity index (χ4v) is 3.13. The molecule has 1 aromatic heterocycles. The zero-order valence-electron chi connectivity index (χ0n) is 14.3. The van der Waals surface area contributed by atoms with Crippen molar-refractivity contribution in [3.63, 3.8) is 0 Å². The fraction of sp³-hybridized carbons (Fsp3) is 0.333. The third-order valence-electron chi connectivity index (χ3n) is 4.41. The Morgan fingerprint density at radius 2 is 2.12 bits per heavy atom. The largest absolute Gasteiger partial charge is 0.496 e. The summed E-state index contributed by atoms with van der Waals surface area (Å²) in [4.78, 5) is 37.1. The highest BCUT2D eigenvalue weighted by Crippen LogP contribution is 2.16. The number of fused-ring (bicyclic) bond motifs is 1. The Morgan fingerprint density at radius 3 is 2.85 bits per heavy atom. The summed E-state index contributed by atoms with van der Waals surface area (Å²) in [5.41, 5.74) is -0.0704. The van der Waals surface area contributed by atoms with Gasteiger partial charge < -0.3 is 10.1 Å². The summed E-state index contributed by atoms with van der Waals surface area (Å²) in [5.74, 6) is 0.145. The predicted octanol–water partition coefficient (Wildman–Crippen LogP) is 0.153. The maximum atomic E-state index is 12.5. The molecule has 0 atom stereocenters. The Hall–Kier alpha value is -3.34. The summed E-state index contributed by atoms with van der Waals surface area (Å²) in [7, 11) is 1.54. The number of hydrogen-bond donors (Lipinski definition) is 1. The SMILES string of the molecule is COc1ccccc1CNC(=O)Cn1c(=O)c(C#N)c2n(c1=O)CCC2. The van der Waals surface area contributed by atoms with Crippen LogP contribution in [0.25, 0.3) is 0 Å². The second-order valence-corrected chi connectivity index (χ2v) is 5.95. The molecule has 8 heteroatoms. The van der Waals surface area contributed by atoms with Gasteiger partial charge in [-0.1, -0.05) is 18.2 Å². The van der Waals surface area contributed by atoms with Crippen LogP contribution in [0.4, 0.5) is 0 Å². The number of para-hydroxylation sites is 1. The molecular weight excluding hydrogens is 336 g/mol. The summed E-state index contributed by atoms with van der Waals surface area (Å²) in [6.07, 6.45) is 1.22. The first-order valence-corrected chi connectivity index (χ1v) is 8.22.